The van der Waals surface area contributed by atoms with E-state index in [0.29, 0.717) is 23.3 Å². The van der Waals surface area contributed by atoms with Gasteiger partial charge in [0, 0.05) is 31.1 Å². The van der Waals surface area contributed by atoms with E-state index in [-0.39, 0.29) is 11.5 Å². The molecule has 1 aliphatic rings. The first-order chi connectivity index (χ1) is 15.1. The molecule has 3 rings (SSSR count). The van der Waals surface area contributed by atoms with Gasteiger partial charge in [-0.15, -0.1) is 0 Å². The molecule has 0 amide bonds. The molecule has 2 aromatic carbocycles. The van der Waals surface area contributed by atoms with Gasteiger partial charge in [0.2, 0.25) is 0 Å². The lowest BCUT2D eigenvalue weighted by Crippen LogP contribution is -2.43. The van der Waals surface area contributed by atoms with Crippen molar-refractivity contribution < 1.29 is 18.6 Å². The number of anilines is 1. The largest absolute Gasteiger partial charge is 0.508 e. The second-order valence-corrected chi connectivity index (χ2v) is 11.4. The van der Waals surface area contributed by atoms with Gasteiger partial charge in [0.05, 0.1) is 16.8 Å². The fourth-order valence-electron chi connectivity index (χ4n) is 5.07. The average molecular weight is 460 g/mol. The highest BCUT2D eigenvalue weighted by atomic mass is 32.2. The van der Waals surface area contributed by atoms with Gasteiger partial charge in [0.15, 0.2) is 9.84 Å². The highest BCUT2D eigenvalue weighted by molar-refractivity contribution is 7.91. The van der Waals surface area contributed by atoms with Crippen LogP contribution in [0.1, 0.15) is 69.4 Å². The van der Waals surface area contributed by atoms with Crippen molar-refractivity contribution in [3.63, 3.8) is 0 Å². The zero-order valence-electron chi connectivity index (χ0n) is 19.7. The highest BCUT2D eigenvalue weighted by Crippen LogP contribution is 2.50. The van der Waals surface area contributed by atoms with E-state index in [9.17, 15) is 18.6 Å². The molecular formula is C26H37NO4S. The third kappa shape index (κ3) is 4.81. The third-order valence-corrected chi connectivity index (χ3v) is 8.91. The monoisotopic (exact) mass is 459 g/mol. The second kappa shape index (κ2) is 9.84. The SMILES string of the molecule is CCCCC1(CCCC)CS(=O)(=O)c2ccc(N(C)C)cc2[C@@H](c2ccc(O)cc2)[C@H]1O. The average Bonchev–Trinajstić information content (AvgIpc) is 2.83. The maximum absolute atomic E-state index is 13.7. The zero-order valence-corrected chi connectivity index (χ0v) is 20.5. The first kappa shape index (κ1) is 24.6. The van der Waals surface area contributed by atoms with E-state index in [1.54, 1.807) is 30.3 Å². The van der Waals surface area contributed by atoms with Crippen molar-refractivity contribution in [1.82, 2.24) is 0 Å². The molecule has 2 N–H and O–H groups in total. The number of hydrogen-bond acceptors (Lipinski definition) is 5. The van der Waals surface area contributed by atoms with Crippen LogP contribution in [-0.4, -0.2) is 44.6 Å². The Morgan fingerprint density at radius 3 is 2.12 bits per heavy atom. The van der Waals surface area contributed by atoms with E-state index >= 15 is 0 Å². The predicted octanol–water partition coefficient (Wildman–Crippen LogP) is 5.11. The Kier molecular flexibility index (Phi) is 7.56. The number of unbranched alkanes of at least 4 members (excludes halogenated alkanes) is 2. The van der Waals surface area contributed by atoms with Crippen LogP contribution in [0.15, 0.2) is 47.4 Å². The summed E-state index contributed by atoms with van der Waals surface area (Å²) in [6.45, 7) is 4.20. The van der Waals surface area contributed by atoms with Gasteiger partial charge in [-0.25, -0.2) is 8.42 Å². The number of nitrogens with zero attached hydrogens (tertiary/aromatic N) is 1. The van der Waals surface area contributed by atoms with Crippen molar-refractivity contribution in [2.24, 2.45) is 5.41 Å². The summed E-state index contributed by atoms with van der Waals surface area (Å²) >= 11 is 0. The van der Waals surface area contributed by atoms with Gasteiger partial charge in [-0.2, -0.15) is 0 Å². The number of aliphatic hydroxyl groups is 1. The van der Waals surface area contributed by atoms with Gasteiger partial charge < -0.3 is 15.1 Å². The zero-order chi connectivity index (χ0) is 23.5. The summed E-state index contributed by atoms with van der Waals surface area (Å²) in [5.74, 6) is -0.379. The van der Waals surface area contributed by atoms with Crippen LogP contribution in [0, 0.1) is 5.41 Å². The van der Waals surface area contributed by atoms with Gasteiger partial charge in [0.1, 0.15) is 5.75 Å². The fourth-order valence-corrected chi connectivity index (χ4v) is 7.26. The summed E-state index contributed by atoms with van der Waals surface area (Å²) in [7, 11) is 0.245. The van der Waals surface area contributed by atoms with Crippen LogP contribution < -0.4 is 4.90 Å². The fraction of sp³-hybridized carbons (Fsp3) is 0.538. The first-order valence-corrected chi connectivity index (χ1v) is 13.3. The van der Waals surface area contributed by atoms with Gasteiger partial charge in [-0.05, 0) is 54.3 Å². The molecule has 1 heterocycles. The van der Waals surface area contributed by atoms with Crippen LogP contribution in [-0.2, 0) is 9.84 Å². The van der Waals surface area contributed by atoms with Crippen LogP contribution in [0.4, 0.5) is 5.69 Å². The molecule has 1 aliphatic heterocycles. The number of fused-ring (bicyclic) bond motifs is 1. The molecule has 0 spiro atoms. The van der Waals surface area contributed by atoms with Crippen molar-refractivity contribution in [1.29, 1.82) is 0 Å². The Hall–Kier alpha value is -2.05. The molecule has 176 valence electrons. The molecule has 32 heavy (non-hydrogen) atoms. The minimum Gasteiger partial charge on any atom is -0.508 e. The summed E-state index contributed by atoms with van der Waals surface area (Å²) in [6.07, 6.45) is 4.14. The summed E-state index contributed by atoms with van der Waals surface area (Å²) in [5.41, 5.74) is 1.64. The van der Waals surface area contributed by atoms with E-state index in [2.05, 4.69) is 13.8 Å². The summed E-state index contributed by atoms with van der Waals surface area (Å²) in [5, 5.41) is 21.8. The van der Waals surface area contributed by atoms with Gasteiger partial charge >= 0.3 is 0 Å². The van der Waals surface area contributed by atoms with Gasteiger partial charge in [0.25, 0.3) is 0 Å². The second-order valence-electron chi connectivity index (χ2n) is 9.46. The van der Waals surface area contributed by atoms with Gasteiger partial charge in [-0.3, -0.25) is 0 Å². The lowest BCUT2D eigenvalue weighted by molar-refractivity contribution is 0.0127. The van der Waals surface area contributed by atoms with Crippen LogP contribution in [0.25, 0.3) is 0 Å². The van der Waals surface area contributed by atoms with Crippen molar-refractivity contribution in [2.75, 3.05) is 24.7 Å². The Balaban J connectivity index is 2.30. The predicted molar refractivity (Wildman–Crippen MR) is 130 cm³/mol. The number of hydrogen-bond donors (Lipinski definition) is 2. The van der Waals surface area contributed by atoms with Crippen LogP contribution in [0.2, 0.25) is 0 Å². The quantitative estimate of drug-likeness (QED) is 0.574. The van der Waals surface area contributed by atoms with E-state index in [1.807, 2.05) is 31.1 Å². The van der Waals surface area contributed by atoms with Crippen molar-refractivity contribution in [3.05, 3.63) is 53.6 Å². The van der Waals surface area contributed by atoms with Gasteiger partial charge in [-0.1, -0.05) is 51.7 Å². The minimum atomic E-state index is -3.60. The smallest absolute Gasteiger partial charge is 0.179 e. The van der Waals surface area contributed by atoms with E-state index in [0.717, 1.165) is 36.9 Å². The number of sulfone groups is 1. The molecule has 5 nitrogen and oxygen atoms in total. The molecule has 0 saturated heterocycles. The number of phenolic OH excluding ortho intramolecular Hbond substituents is 1. The molecule has 0 bridgehead atoms. The van der Waals surface area contributed by atoms with Crippen LogP contribution in [0.5, 0.6) is 5.75 Å². The Morgan fingerprint density at radius 1 is 1.00 bits per heavy atom. The summed E-state index contributed by atoms with van der Waals surface area (Å²) in [6, 6.07) is 12.3. The lowest BCUT2D eigenvalue weighted by Gasteiger charge is -2.40. The molecular weight excluding hydrogens is 422 g/mol. The minimum absolute atomic E-state index is 0.0376. The molecule has 2 atom stereocenters. The molecule has 0 fully saturated rings. The highest BCUT2D eigenvalue weighted by Gasteiger charge is 2.49. The Bertz CT molecular complexity index is 1010. The molecule has 0 radical (unpaired) electrons. The Morgan fingerprint density at radius 2 is 1.59 bits per heavy atom. The van der Waals surface area contributed by atoms with E-state index in [4.69, 9.17) is 0 Å². The molecule has 0 unspecified atom stereocenters. The van der Waals surface area contributed by atoms with E-state index in [1.165, 1.54) is 0 Å². The molecule has 0 saturated carbocycles. The number of phenols is 1. The standard InChI is InChI=1S/C26H37NO4S/c1-5-7-15-26(16-8-6-2)18-32(30,31)23-14-11-20(27(3)4)17-22(23)24(25(26)29)19-9-12-21(28)13-10-19/h9-14,17,24-25,28-29H,5-8,15-16,18H2,1-4H3/t24-,25-/m1/s1. The number of aliphatic hydroxyl groups excluding tert-OH is 1. The van der Waals surface area contributed by atoms with Crippen molar-refractivity contribution in [2.45, 2.75) is 69.3 Å². The first-order valence-electron chi connectivity index (χ1n) is 11.7. The number of benzene rings is 2. The Labute approximate surface area is 193 Å². The lowest BCUT2D eigenvalue weighted by atomic mass is 9.68. The third-order valence-electron chi connectivity index (χ3n) is 6.91. The van der Waals surface area contributed by atoms with Crippen molar-refractivity contribution >= 4 is 15.5 Å². The maximum atomic E-state index is 13.7. The molecule has 0 aromatic heterocycles. The molecule has 0 aliphatic carbocycles. The molecule has 6 heteroatoms. The van der Waals surface area contributed by atoms with Crippen LogP contribution >= 0.6 is 0 Å². The van der Waals surface area contributed by atoms with Crippen molar-refractivity contribution in [3.8, 4) is 5.75 Å². The van der Waals surface area contributed by atoms with E-state index < -0.39 is 27.3 Å². The maximum Gasteiger partial charge on any atom is 0.179 e. The normalized spacial score (nSPS) is 21.5. The summed E-state index contributed by atoms with van der Waals surface area (Å²) in [4.78, 5) is 2.26. The van der Waals surface area contributed by atoms with Crippen LogP contribution in [0.3, 0.4) is 0 Å². The summed E-state index contributed by atoms with van der Waals surface area (Å²) < 4.78 is 27.5. The molecule has 2 aromatic rings. The number of rotatable bonds is 8. The number of aromatic hydroxyl groups is 1. The topological polar surface area (TPSA) is 77.8 Å².